The number of ether oxygens (including phenoxy) is 1. The Morgan fingerprint density at radius 3 is 2.60 bits per heavy atom. The summed E-state index contributed by atoms with van der Waals surface area (Å²) in [4.78, 5) is 43.4. The number of thiazole rings is 1. The molecule has 35 heavy (non-hydrogen) atoms. The van der Waals surface area contributed by atoms with Gasteiger partial charge in [-0.25, -0.2) is 9.78 Å². The molecule has 5 rings (SSSR count). The van der Waals surface area contributed by atoms with E-state index < -0.39 is 17.5 Å². The fourth-order valence-corrected chi connectivity index (χ4v) is 5.77. The highest BCUT2D eigenvalue weighted by Crippen LogP contribution is 2.35. The lowest BCUT2D eigenvalue weighted by molar-refractivity contribution is -0.133. The second-order valence-electron chi connectivity index (χ2n) is 9.01. The van der Waals surface area contributed by atoms with Crippen molar-refractivity contribution < 1.29 is 19.1 Å². The van der Waals surface area contributed by atoms with Crippen molar-refractivity contribution in [3.8, 4) is 22.7 Å². The first kappa shape index (κ1) is 23.1. The maximum Gasteiger partial charge on any atom is 0.325 e. The van der Waals surface area contributed by atoms with Crippen molar-refractivity contribution in [3.63, 3.8) is 0 Å². The summed E-state index contributed by atoms with van der Waals surface area (Å²) in [5, 5.41) is 7.84. The molecule has 0 unspecified atom stereocenters. The van der Waals surface area contributed by atoms with Gasteiger partial charge in [0.25, 0.3) is 5.91 Å². The maximum absolute atomic E-state index is 12.8. The molecular weight excluding hydrogens is 466 g/mol. The van der Waals surface area contributed by atoms with Crippen LogP contribution < -0.4 is 15.4 Å². The van der Waals surface area contributed by atoms with Crippen LogP contribution in [0.25, 0.3) is 16.9 Å². The third-order valence-corrected chi connectivity index (χ3v) is 7.55. The Hall–Kier alpha value is -3.66. The predicted octanol–water partition coefficient (Wildman–Crippen LogP) is 4.03. The highest BCUT2D eigenvalue weighted by atomic mass is 32.1. The average molecular weight is 494 g/mol. The number of amides is 4. The lowest BCUT2D eigenvalue weighted by Gasteiger charge is -2.19. The second-order valence-corrected chi connectivity index (χ2v) is 9.87. The van der Waals surface area contributed by atoms with Crippen LogP contribution in [-0.2, 0) is 9.59 Å². The van der Waals surface area contributed by atoms with E-state index in [-0.39, 0.29) is 12.5 Å². The fraction of sp³-hybridized carbons (Fsp3) is 0.360. The average Bonchev–Trinajstić information content (AvgIpc) is 3.60. The van der Waals surface area contributed by atoms with E-state index in [9.17, 15) is 14.4 Å². The minimum absolute atomic E-state index is 0.305. The zero-order valence-electron chi connectivity index (χ0n) is 19.9. The summed E-state index contributed by atoms with van der Waals surface area (Å²) in [6.07, 6.45) is 3.04. The Balaban J connectivity index is 1.29. The standard InChI is InChI=1S/C25H27N5O4S/c1-15-12-19(16(2)30(15)17-6-8-18(34-3)9-7-17)20-14-35-23(26-20)27-21(31)13-29-22(32)25(28-24(29)33)10-4-5-11-25/h6-9,12,14H,4-5,10-11,13H2,1-3H3,(H,28,33)(H,26,27,31). The zero-order valence-corrected chi connectivity index (χ0v) is 20.7. The number of aromatic nitrogens is 2. The van der Waals surface area contributed by atoms with Gasteiger partial charge in [-0.3, -0.25) is 14.5 Å². The zero-order chi connectivity index (χ0) is 24.7. The molecule has 2 aliphatic rings. The summed E-state index contributed by atoms with van der Waals surface area (Å²) in [6, 6.07) is 9.41. The van der Waals surface area contributed by atoms with Crippen LogP contribution in [0.2, 0.25) is 0 Å². The number of methoxy groups -OCH3 is 1. The fourth-order valence-electron chi connectivity index (χ4n) is 5.05. The molecule has 1 saturated carbocycles. The number of hydrogen-bond acceptors (Lipinski definition) is 6. The Bertz CT molecular complexity index is 1300. The number of rotatable bonds is 6. The molecule has 1 aliphatic carbocycles. The number of hydrogen-bond donors (Lipinski definition) is 2. The van der Waals surface area contributed by atoms with Crippen LogP contribution in [0.5, 0.6) is 5.75 Å². The first-order valence-electron chi connectivity index (χ1n) is 11.5. The molecule has 3 aromatic rings. The number of anilines is 1. The van der Waals surface area contributed by atoms with Gasteiger partial charge in [-0.15, -0.1) is 11.3 Å². The number of urea groups is 1. The lowest BCUT2D eigenvalue weighted by Crippen LogP contribution is -2.44. The van der Waals surface area contributed by atoms with Gasteiger partial charge in [-0.1, -0.05) is 12.8 Å². The molecule has 0 bridgehead atoms. The minimum Gasteiger partial charge on any atom is -0.497 e. The van der Waals surface area contributed by atoms with Crippen LogP contribution in [0, 0.1) is 13.8 Å². The van der Waals surface area contributed by atoms with Crippen molar-refractivity contribution in [2.45, 2.75) is 45.1 Å². The van der Waals surface area contributed by atoms with Crippen molar-refractivity contribution in [2.75, 3.05) is 19.0 Å². The van der Waals surface area contributed by atoms with Crippen LogP contribution in [0.4, 0.5) is 9.93 Å². The Morgan fingerprint density at radius 2 is 1.91 bits per heavy atom. The summed E-state index contributed by atoms with van der Waals surface area (Å²) in [5.74, 6) is 0.0388. The molecule has 1 saturated heterocycles. The molecule has 2 fully saturated rings. The third kappa shape index (κ3) is 4.07. The van der Waals surface area contributed by atoms with Crippen molar-refractivity contribution in [2.24, 2.45) is 0 Å². The van der Waals surface area contributed by atoms with Gasteiger partial charge in [0.1, 0.15) is 17.8 Å². The number of carbonyl (C=O) groups excluding carboxylic acids is 3. The summed E-state index contributed by atoms with van der Waals surface area (Å²) >= 11 is 1.30. The smallest absolute Gasteiger partial charge is 0.325 e. The molecule has 0 atom stereocenters. The highest BCUT2D eigenvalue weighted by molar-refractivity contribution is 7.14. The van der Waals surface area contributed by atoms with Crippen molar-refractivity contribution in [1.82, 2.24) is 19.8 Å². The van der Waals surface area contributed by atoms with E-state index in [0.717, 1.165) is 51.8 Å². The quantitative estimate of drug-likeness (QED) is 0.505. The summed E-state index contributed by atoms with van der Waals surface area (Å²) in [7, 11) is 1.64. The number of imide groups is 1. The van der Waals surface area contributed by atoms with E-state index in [0.29, 0.717) is 18.0 Å². The number of aryl methyl sites for hydroxylation is 1. The molecule has 3 heterocycles. The van der Waals surface area contributed by atoms with Gasteiger partial charge in [0.2, 0.25) is 5.91 Å². The Kier molecular flexibility index (Phi) is 5.84. The van der Waals surface area contributed by atoms with Crippen LogP contribution in [0.15, 0.2) is 35.7 Å². The topological polar surface area (TPSA) is 106 Å². The normalized spacial score (nSPS) is 16.7. The van der Waals surface area contributed by atoms with Gasteiger partial charge >= 0.3 is 6.03 Å². The van der Waals surface area contributed by atoms with E-state index >= 15 is 0 Å². The van der Waals surface area contributed by atoms with Crippen LogP contribution in [0.1, 0.15) is 37.1 Å². The minimum atomic E-state index is -0.821. The molecule has 0 radical (unpaired) electrons. The van der Waals surface area contributed by atoms with Gasteiger partial charge in [-0.05, 0) is 57.0 Å². The molecule has 1 aromatic carbocycles. The Labute approximate surface area is 207 Å². The van der Waals surface area contributed by atoms with Gasteiger partial charge in [0.15, 0.2) is 5.13 Å². The number of nitrogens with zero attached hydrogens (tertiary/aromatic N) is 3. The van der Waals surface area contributed by atoms with Gasteiger partial charge in [0, 0.05) is 28.0 Å². The Morgan fingerprint density at radius 1 is 1.20 bits per heavy atom. The number of benzene rings is 1. The van der Waals surface area contributed by atoms with Crippen LogP contribution in [0.3, 0.4) is 0 Å². The molecule has 182 valence electrons. The van der Waals surface area contributed by atoms with E-state index in [2.05, 4.69) is 26.3 Å². The summed E-state index contributed by atoms with van der Waals surface area (Å²) in [5.41, 5.74) is 3.99. The van der Waals surface area contributed by atoms with Crippen molar-refractivity contribution in [3.05, 3.63) is 47.1 Å². The number of carbonyl (C=O) groups is 3. The first-order chi connectivity index (χ1) is 16.8. The third-order valence-electron chi connectivity index (χ3n) is 6.79. The van der Waals surface area contributed by atoms with Gasteiger partial charge < -0.3 is 19.9 Å². The summed E-state index contributed by atoms with van der Waals surface area (Å²) in [6.45, 7) is 3.74. The van der Waals surface area contributed by atoms with Gasteiger partial charge in [0.05, 0.1) is 12.8 Å². The van der Waals surface area contributed by atoms with E-state index in [1.807, 2.05) is 43.5 Å². The molecule has 2 N–H and O–H groups in total. The molecule has 9 nitrogen and oxygen atoms in total. The van der Waals surface area contributed by atoms with E-state index in [4.69, 9.17) is 4.74 Å². The predicted molar refractivity (Wildman–Crippen MR) is 133 cm³/mol. The second kappa shape index (κ2) is 8.84. The highest BCUT2D eigenvalue weighted by Gasteiger charge is 2.52. The van der Waals surface area contributed by atoms with Crippen LogP contribution in [-0.4, -0.2) is 51.5 Å². The first-order valence-corrected chi connectivity index (χ1v) is 12.4. The van der Waals surface area contributed by atoms with Gasteiger partial charge in [-0.2, -0.15) is 0 Å². The molecule has 4 amide bonds. The maximum atomic E-state index is 12.8. The molecule has 10 heteroatoms. The van der Waals surface area contributed by atoms with Crippen molar-refractivity contribution >= 4 is 34.3 Å². The lowest BCUT2D eigenvalue weighted by atomic mass is 9.98. The molecule has 2 aromatic heterocycles. The van der Waals surface area contributed by atoms with Crippen molar-refractivity contribution in [1.29, 1.82) is 0 Å². The summed E-state index contributed by atoms with van der Waals surface area (Å²) < 4.78 is 7.40. The largest absolute Gasteiger partial charge is 0.497 e. The van der Waals surface area contributed by atoms with E-state index in [1.165, 1.54) is 11.3 Å². The molecular formula is C25H27N5O4S. The SMILES string of the molecule is COc1ccc(-n2c(C)cc(-c3csc(NC(=O)CN4C(=O)NC5(CCCC5)C4=O)n3)c2C)cc1. The van der Waals surface area contributed by atoms with Crippen LogP contribution >= 0.6 is 11.3 Å². The monoisotopic (exact) mass is 493 g/mol. The molecule has 1 spiro atoms. The molecule has 1 aliphatic heterocycles. The van der Waals surface area contributed by atoms with E-state index in [1.54, 1.807) is 7.11 Å². The number of nitrogens with one attached hydrogen (secondary N) is 2.